The predicted octanol–water partition coefficient (Wildman–Crippen LogP) is 1.91. The molecule has 2 aromatic rings. The zero-order valence-corrected chi connectivity index (χ0v) is 8.37. The SMILES string of the molecule is Cc1ccc(C(N)c2ncc[nH]2)cc1F. The van der Waals surface area contributed by atoms with Crippen LogP contribution in [0.1, 0.15) is 23.0 Å². The van der Waals surface area contributed by atoms with E-state index in [1.807, 2.05) is 6.07 Å². The molecule has 1 unspecified atom stereocenters. The molecule has 0 saturated carbocycles. The number of imidazole rings is 1. The Labute approximate surface area is 87.2 Å². The Kier molecular flexibility index (Phi) is 2.51. The molecule has 3 nitrogen and oxygen atoms in total. The summed E-state index contributed by atoms with van der Waals surface area (Å²) in [5, 5.41) is 0. The number of nitrogens with two attached hydrogens (primary N) is 1. The van der Waals surface area contributed by atoms with Crippen LogP contribution >= 0.6 is 0 Å². The highest BCUT2D eigenvalue weighted by atomic mass is 19.1. The van der Waals surface area contributed by atoms with Crippen molar-refractivity contribution in [2.45, 2.75) is 13.0 Å². The van der Waals surface area contributed by atoms with Gasteiger partial charge in [0.2, 0.25) is 0 Å². The van der Waals surface area contributed by atoms with E-state index in [9.17, 15) is 4.39 Å². The van der Waals surface area contributed by atoms with Gasteiger partial charge in [0.1, 0.15) is 11.6 Å². The van der Waals surface area contributed by atoms with E-state index in [1.54, 1.807) is 25.4 Å². The fourth-order valence-corrected chi connectivity index (χ4v) is 1.41. The Morgan fingerprint density at radius 3 is 2.87 bits per heavy atom. The van der Waals surface area contributed by atoms with Gasteiger partial charge in [-0.2, -0.15) is 0 Å². The zero-order valence-electron chi connectivity index (χ0n) is 8.37. The van der Waals surface area contributed by atoms with Gasteiger partial charge in [-0.1, -0.05) is 12.1 Å². The third-order valence-electron chi connectivity index (χ3n) is 2.37. The van der Waals surface area contributed by atoms with Crippen LogP contribution < -0.4 is 5.73 Å². The van der Waals surface area contributed by atoms with Gasteiger partial charge in [0.15, 0.2) is 0 Å². The monoisotopic (exact) mass is 205 g/mol. The second-order valence-corrected chi connectivity index (χ2v) is 3.46. The summed E-state index contributed by atoms with van der Waals surface area (Å²) >= 11 is 0. The number of aromatic nitrogens is 2. The lowest BCUT2D eigenvalue weighted by molar-refractivity contribution is 0.613. The summed E-state index contributed by atoms with van der Waals surface area (Å²) in [5.74, 6) is 0.396. The third kappa shape index (κ3) is 1.89. The van der Waals surface area contributed by atoms with Crippen molar-refractivity contribution in [2.75, 3.05) is 0 Å². The van der Waals surface area contributed by atoms with Gasteiger partial charge in [-0.25, -0.2) is 9.37 Å². The molecular weight excluding hydrogens is 193 g/mol. The van der Waals surface area contributed by atoms with Crippen molar-refractivity contribution >= 4 is 0 Å². The largest absolute Gasteiger partial charge is 0.347 e. The summed E-state index contributed by atoms with van der Waals surface area (Å²) < 4.78 is 13.3. The van der Waals surface area contributed by atoms with Crippen LogP contribution in [0.2, 0.25) is 0 Å². The molecule has 0 aliphatic heterocycles. The summed E-state index contributed by atoms with van der Waals surface area (Å²) in [6.45, 7) is 1.72. The molecule has 0 aliphatic carbocycles. The molecule has 4 heteroatoms. The van der Waals surface area contributed by atoms with Crippen LogP contribution in [0.4, 0.5) is 4.39 Å². The van der Waals surface area contributed by atoms with E-state index in [1.165, 1.54) is 6.07 Å². The summed E-state index contributed by atoms with van der Waals surface area (Å²) in [4.78, 5) is 6.95. The van der Waals surface area contributed by atoms with E-state index in [0.717, 1.165) is 0 Å². The highest BCUT2D eigenvalue weighted by molar-refractivity contribution is 5.28. The van der Waals surface area contributed by atoms with Gasteiger partial charge >= 0.3 is 0 Å². The number of hydrogen-bond donors (Lipinski definition) is 2. The number of nitrogens with one attached hydrogen (secondary N) is 1. The quantitative estimate of drug-likeness (QED) is 0.786. The Hall–Kier alpha value is -1.68. The van der Waals surface area contributed by atoms with Gasteiger partial charge in [-0.3, -0.25) is 0 Å². The van der Waals surface area contributed by atoms with E-state index in [0.29, 0.717) is 17.0 Å². The third-order valence-corrected chi connectivity index (χ3v) is 2.37. The lowest BCUT2D eigenvalue weighted by Gasteiger charge is -2.09. The minimum atomic E-state index is -0.407. The minimum absolute atomic E-state index is 0.241. The standard InChI is InChI=1S/C11H12FN3/c1-7-2-3-8(6-9(7)12)10(13)11-14-4-5-15-11/h2-6,10H,13H2,1H3,(H,14,15). The highest BCUT2D eigenvalue weighted by Crippen LogP contribution is 2.18. The Morgan fingerprint density at radius 1 is 1.47 bits per heavy atom. The van der Waals surface area contributed by atoms with Gasteiger partial charge in [0.25, 0.3) is 0 Å². The van der Waals surface area contributed by atoms with E-state index in [2.05, 4.69) is 9.97 Å². The lowest BCUT2D eigenvalue weighted by Crippen LogP contribution is -2.13. The first-order valence-corrected chi connectivity index (χ1v) is 4.69. The second-order valence-electron chi connectivity index (χ2n) is 3.46. The number of rotatable bonds is 2. The zero-order chi connectivity index (χ0) is 10.8. The molecule has 1 aromatic heterocycles. The number of halogens is 1. The molecule has 78 valence electrons. The average molecular weight is 205 g/mol. The lowest BCUT2D eigenvalue weighted by atomic mass is 10.1. The normalized spacial score (nSPS) is 12.7. The second kappa shape index (κ2) is 3.82. The number of H-pyrrole nitrogens is 1. The van der Waals surface area contributed by atoms with Crippen molar-refractivity contribution in [3.8, 4) is 0 Å². The van der Waals surface area contributed by atoms with Crippen molar-refractivity contribution in [3.05, 3.63) is 53.4 Å². The van der Waals surface area contributed by atoms with E-state index >= 15 is 0 Å². The molecule has 2 rings (SSSR count). The fourth-order valence-electron chi connectivity index (χ4n) is 1.41. The molecule has 0 radical (unpaired) electrons. The smallest absolute Gasteiger partial charge is 0.127 e. The van der Waals surface area contributed by atoms with E-state index in [4.69, 9.17) is 5.73 Å². The maximum atomic E-state index is 13.3. The summed E-state index contributed by atoms with van der Waals surface area (Å²) in [6.07, 6.45) is 3.32. The summed E-state index contributed by atoms with van der Waals surface area (Å²) in [7, 11) is 0. The summed E-state index contributed by atoms with van der Waals surface area (Å²) in [6, 6.07) is 4.57. The van der Waals surface area contributed by atoms with E-state index in [-0.39, 0.29) is 5.82 Å². The Balaban J connectivity index is 2.34. The Morgan fingerprint density at radius 2 is 2.27 bits per heavy atom. The van der Waals surface area contributed by atoms with Crippen molar-refractivity contribution < 1.29 is 4.39 Å². The van der Waals surface area contributed by atoms with Crippen molar-refractivity contribution in [3.63, 3.8) is 0 Å². The van der Waals surface area contributed by atoms with Crippen molar-refractivity contribution in [1.82, 2.24) is 9.97 Å². The van der Waals surface area contributed by atoms with Gasteiger partial charge in [-0.05, 0) is 24.1 Å². The molecule has 0 saturated heterocycles. The van der Waals surface area contributed by atoms with Gasteiger partial charge < -0.3 is 10.7 Å². The number of benzene rings is 1. The van der Waals surface area contributed by atoms with Crippen LogP contribution in [0.15, 0.2) is 30.6 Å². The van der Waals surface area contributed by atoms with Crippen molar-refractivity contribution in [1.29, 1.82) is 0 Å². The van der Waals surface area contributed by atoms with Crippen LogP contribution in [0, 0.1) is 12.7 Å². The molecule has 0 fully saturated rings. The molecule has 3 N–H and O–H groups in total. The number of aromatic amines is 1. The molecule has 0 aliphatic rings. The Bertz CT molecular complexity index is 451. The minimum Gasteiger partial charge on any atom is -0.347 e. The molecular formula is C11H12FN3. The number of nitrogens with zero attached hydrogens (tertiary/aromatic N) is 1. The molecule has 1 atom stereocenters. The van der Waals surface area contributed by atoms with Crippen LogP contribution in [0.3, 0.4) is 0 Å². The van der Waals surface area contributed by atoms with Crippen LogP contribution in [-0.2, 0) is 0 Å². The molecule has 0 spiro atoms. The predicted molar refractivity (Wildman–Crippen MR) is 55.8 cm³/mol. The van der Waals surface area contributed by atoms with Crippen LogP contribution in [0.25, 0.3) is 0 Å². The molecule has 15 heavy (non-hydrogen) atoms. The van der Waals surface area contributed by atoms with Gasteiger partial charge in [0.05, 0.1) is 6.04 Å². The van der Waals surface area contributed by atoms with Crippen LogP contribution in [-0.4, -0.2) is 9.97 Å². The topological polar surface area (TPSA) is 54.7 Å². The molecule has 0 bridgehead atoms. The maximum Gasteiger partial charge on any atom is 0.127 e. The highest BCUT2D eigenvalue weighted by Gasteiger charge is 2.12. The first-order valence-electron chi connectivity index (χ1n) is 4.69. The average Bonchev–Trinajstić information content (AvgIpc) is 2.74. The number of aryl methyl sites for hydroxylation is 1. The maximum absolute atomic E-state index is 13.3. The first-order chi connectivity index (χ1) is 7.18. The molecule has 1 heterocycles. The van der Waals surface area contributed by atoms with Crippen molar-refractivity contribution in [2.24, 2.45) is 5.73 Å². The van der Waals surface area contributed by atoms with Gasteiger partial charge in [0, 0.05) is 12.4 Å². The van der Waals surface area contributed by atoms with Gasteiger partial charge in [-0.15, -0.1) is 0 Å². The molecule has 1 aromatic carbocycles. The molecule has 0 amide bonds. The first kappa shape index (κ1) is 9.86. The summed E-state index contributed by atoms with van der Waals surface area (Å²) in [5.41, 5.74) is 7.25. The van der Waals surface area contributed by atoms with E-state index < -0.39 is 6.04 Å². The fraction of sp³-hybridized carbons (Fsp3) is 0.182. The van der Waals surface area contributed by atoms with Crippen LogP contribution in [0.5, 0.6) is 0 Å². The number of hydrogen-bond acceptors (Lipinski definition) is 2.